The molecule has 1 aromatic heterocycles. The third-order valence-corrected chi connectivity index (χ3v) is 4.98. The Hall–Kier alpha value is -1.33. The molecule has 1 aromatic carbocycles. The lowest BCUT2D eigenvalue weighted by molar-refractivity contribution is 0.0672. The summed E-state index contributed by atoms with van der Waals surface area (Å²) < 4.78 is 15.2. The molecule has 0 aliphatic carbocycles. The fraction of sp³-hybridized carbons (Fsp3) is 0.474. The molecule has 1 heterocycles. The van der Waals surface area contributed by atoms with Crippen LogP contribution in [0.4, 0.5) is 4.39 Å². The molecule has 0 radical (unpaired) electrons. The van der Waals surface area contributed by atoms with Crippen LogP contribution < -0.4 is 10.6 Å². The first kappa shape index (κ1) is 24.7. The third-order valence-electron chi connectivity index (χ3n) is 3.97. The number of nitrogens with zero attached hydrogens (tertiary/aromatic N) is 3. The highest BCUT2D eigenvalue weighted by Crippen LogP contribution is 2.20. The van der Waals surface area contributed by atoms with Gasteiger partial charge in [-0.05, 0) is 25.5 Å². The molecule has 6 nitrogen and oxygen atoms in total. The molecule has 28 heavy (non-hydrogen) atoms. The van der Waals surface area contributed by atoms with Gasteiger partial charge in [0.2, 0.25) is 0 Å². The van der Waals surface area contributed by atoms with Crippen LogP contribution in [0.25, 0.3) is 0 Å². The normalized spacial score (nSPS) is 13.5. The number of aliphatic hydroxyl groups is 1. The summed E-state index contributed by atoms with van der Waals surface area (Å²) in [5.41, 5.74) is 0.358. The Morgan fingerprint density at radius 1 is 1.36 bits per heavy atom. The van der Waals surface area contributed by atoms with Crippen molar-refractivity contribution in [3.05, 3.63) is 53.6 Å². The average Bonchev–Trinajstić information content (AvgIpc) is 3.08. The van der Waals surface area contributed by atoms with E-state index in [4.69, 9.17) is 0 Å². The Kier molecular flexibility index (Phi) is 10.8. The Bertz CT molecular complexity index is 753. The van der Waals surface area contributed by atoms with Crippen LogP contribution in [-0.2, 0) is 18.4 Å². The predicted molar refractivity (Wildman–Crippen MR) is 125 cm³/mol. The standard InChI is InChI=1S/C19H28FN5OS.HI/c1-4-21-18(23-14-19(2,26)16-11-24-25(3)12-16)22-9-10-27-13-15-7-5-6-8-17(15)20;/h5-8,11-12,26H,4,9-10,13-14H2,1-3H3,(H2,21,22,23);1H. The molecule has 1 unspecified atom stereocenters. The Balaban J connectivity index is 0.00000392. The van der Waals surface area contributed by atoms with Crippen LogP contribution in [0, 0.1) is 5.82 Å². The summed E-state index contributed by atoms with van der Waals surface area (Å²) >= 11 is 1.66. The summed E-state index contributed by atoms with van der Waals surface area (Å²) in [6.07, 6.45) is 3.43. The fourth-order valence-electron chi connectivity index (χ4n) is 2.40. The molecule has 0 aliphatic heterocycles. The molecule has 2 aromatic rings. The molecule has 0 saturated carbocycles. The van der Waals surface area contributed by atoms with Crippen molar-refractivity contribution in [1.82, 2.24) is 20.4 Å². The SMILES string of the molecule is CCNC(=NCC(C)(O)c1cnn(C)c1)NCCSCc1ccccc1F.I. The molecule has 0 amide bonds. The summed E-state index contributed by atoms with van der Waals surface area (Å²) in [6, 6.07) is 6.84. The van der Waals surface area contributed by atoms with Crippen LogP contribution in [0.15, 0.2) is 41.7 Å². The van der Waals surface area contributed by atoms with E-state index in [0.717, 1.165) is 23.4 Å². The Morgan fingerprint density at radius 3 is 2.75 bits per heavy atom. The first-order valence-corrected chi connectivity index (χ1v) is 10.1. The van der Waals surface area contributed by atoms with Crippen LogP contribution in [0.1, 0.15) is 25.0 Å². The summed E-state index contributed by atoms with van der Waals surface area (Å²) in [5.74, 6) is 1.94. The van der Waals surface area contributed by atoms with Crippen molar-refractivity contribution in [2.45, 2.75) is 25.2 Å². The van der Waals surface area contributed by atoms with E-state index >= 15 is 0 Å². The number of hydrogen-bond acceptors (Lipinski definition) is 4. The van der Waals surface area contributed by atoms with E-state index in [-0.39, 0.29) is 36.3 Å². The maximum Gasteiger partial charge on any atom is 0.191 e. The number of guanidine groups is 1. The van der Waals surface area contributed by atoms with Crippen LogP contribution >= 0.6 is 35.7 Å². The number of thioether (sulfide) groups is 1. The molecule has 0 spiro atoms. The van der Waals surface area contributed by atoms with Crippen molar-refractivity contribution in [3.8, 4) is 0 Å². The topological polar surface area (TPSA) is 74.5 Å². The molecule has 1 atom stereocenters. The zero-order chi connectivity index (χ0) is 19.7. The second-order valence-electron chi connectivity index (χ2n) is 6.44. The molecule has 156 valence electrons. The van der Waals surface area contributed by atoms with Crippen LogP contribution in [0.5, 0.6) is 0 Å². The lowest BCUT2D eigenvalue weighted by Gasteiger charge is -2.20. The van der Waals surface area contributed by atoms with Gasteiger partial charge >= 0.3 is 0 Å². The first-order valence-electron chi connectivity index (χ1n) is 8.97. The highest BCUT2D eigenvalue weighted by Gasteiger charge is 2.24. The average molecular weight is 521 g/mol. The highest BCUT2D eigenvalue weighted by molar-refractivity contribution is 14.0. The van der Waals surface area contributed by atoms with E-state index in [1.807, 2.05) is 26.1 Å². The maximum absolute atomic E-state index is 13.6. The number of aromatic nitrogens is 2. The molecule has 9 heteroatoms. The van der Waals surface area contributed by atoms with Gasteiger partial charge in [-0.2, -0.15) is 16.9 Å². The number of nitrogens with one attached hydrogen (secondary N) is 2. The quantitative estimate of drug-likeness (QED) is 0.205. The molecular formula is C19H29FIN5OS. The van der Waals surface area contributed by atoms with Gasteiger partial charge in [0.15, 0.2) is 5.96 Å². The third kappa shape index (κ3) is 7.96. The van der Waals surface area contributed by atoms with Crippen molar-refractivity contribution in [3.63, 3.8) is 0 Å². The van der Waals surface area contributed by atoms with Gasteiger partial charge in [-0.15, -0.1) is 24.0 Å². The van der Waals surface area contributed by atoms with Crippen molar-refractivity contribution in [1.29, 1.82) is 0 Å². The van der Waals surface area contributed by atoms with E-state index in [2.05, 4.69) is 20.7 Å². The number of rotatable bonds is 9. The van der Waals surface area contributed by atoms with E-state index in [9.17, 15) is 9.50 Å². The van der Waals surface area contributed by atoms with Gasteiger partial charge in [-0.25, -0.2) is 9.38 Å². The van der Waals surface area contributed by atoms with Crippen molar-refractivity contribution < 1.29 is 9.50 Å². The van der Waals surface area contributed by atoms with Gasteiger partial charge in [0.25, 0.3) is 0 Å². The van der Waals surface area contributed by atoms with Crippen molar-refractivity contribution in [2.75, 3.05) is 25.4 Å². The van der Waals surface area contributed by atoms with E-state index in [0.29, 0.717) is 18.3 Å². The molecule has 3 N–H and O–H groups in total. The number of aryl methyl sites for hydroxylation is 1. The lowest BCUT2D eigenvalue weighted by Crippen LogP contribution is -2.39. The minimum Gasteiger partial charge on any atom is -0.383 e. The predicted octanol–water partition coefficient (Wildman–Crippen LogP) is 2.87. The van der Waals surface area contributed by atoms with E-state index < -0.39 is 5.60 Å². The second-order valence-corrected chi connectivity index (χ2v) is 7.55. The summed E-state index contributed by atoms with van der Waals surface area (Å²) in [4.78, 5) is 4.48. The van der Waals surface area contributed by atoms with Gasteiger partial charge < -0.3 is 15.7 Å². The number of aliphatic imine (C=N–C) groups is 1. The zero-order valence-electron chi connectivity index (χ0n) is 16.5. The minimum absolute atomic E-state index is 0. The molecule has 0 fully saturated rings. The zero-order valence-corrected chi connectivity index (χ0v) is 19.6. The van der Waals surface area contributed by atoms with Gasteiger partial charge in [0.05, 0.1) is 12.7 Å². The molecule has 0 bridgehead atoms. The van der Waals surface area contributed by atoms with E-state index in [1.54, 1.807) is 41.8 Å². The highest BCUT2D eigenvalue weighted by atomic mass is 127. The van der Waals surface area contributed by atoms with Crippen LogP contribution in [0.3, 0.4) is 0 Å². The Morgan fingerprint density at radius 2 is 2.11 bits per heavy atom. The van der Waals surface area contributed by atoms with Gasteiger partial charge in [0, 0.05) is 43.4 Å². The monoisotopic (exact) mass is 521 g/mol. The maximum atomic E-state index is 13.6. The second kappa shape index (κ2) is 12.3. The Labute approximate surface area is 187 Å². The number of halogens is 2. The van der Waals surface area contributed by atoms with Crippen LogP contribution in [0.2, 0.25) is 0 Å². The summed E-state index contributed by atoms with van der Waals surface area (Å²) in [5, 5.41) is 21.1. The number of hydrogen-bond donors (Lipinski definition) is 3. The molecular weight excluding hydrogens is 492 g/mol. The van der Waals surface area contributed by atoms with Crippen LogP contribution in [-0.4, -0.2) is 46.2 Å². The van der Waals surface area contributed by atoms with E-state index in [1.165, 1.54) is 6.07 Å². The first-order chi connectivity index (χ1) is 12.9. The minimum atomic E-state index is -1.09. The summed E-state index contributed by atoms with van der Waals surface area (Å²) in [6.45, 7) is 5.35. The number of benzene rings is 1. The van der Waals surface area contributed by atoms with Crippen molar-refractivity contribution >= 4 is 41.7 Å². The van der Waals surface area contributed by atoms with Gasteiger partial charge in [0.1, 0.15) is 11.4 Å². The molecule has 2 rings (SSSR count). The smallest absolute Gasteiger partial charge is 0.191 e. The molecule has 0 aliphatic rings. The largest absolute Gasteiger partial charge is 0.383 e. The van der Waals surface area contributed by atoms with Crippen molar-refractivity contribution in [2.24, 2.45) is 12.0 Å². The molecule has 0 saturated heterocycles. The summed E-state index contributed by atoms with van der Waals surface area (Å²) in [7, 11) is 1.81. The fourth-order valence-corrected chi connectivity index (χ4v) is 3.25. The lowest BCUT2D eigenvalue weighted by atomic mass is 10.0. The van der Waals surface area contributed by atoms with Gasteiger partial charge in [-0.3, -0.25) is 4.68 Å². The van der Waals surface area contributed by atoms with Gasteiger partial charge in [-0.1, -0.05) is 18.2 Å².